The molecule has 0 aliphatic heterocycles. The van der Waals surface area contributed by atoms with E-state index in [-0.39, 0.29) is 17.0 Å². The van der Waals surface area contributed by atoms with Gasteiger partial charge in [-0.25, -0.2) is 8.42 Å². The highest BCUT2D eigenvalue weighted by Crippen LogP contribution is 2.16. The van der Waals surface area contributed by atoms with Gasteiger partial charge in [0, 0.05) is 23.9 Å². The van der Waals surface area contributed by atoms with Crippen molar-refractivity contribution in [2.45, 2.75) is 37.1 Å². The van der Waals surface area contributed by atoms with Crippen LogP contribution in [0.25, 0.3) is 0 Å². The van der Waals surface area contributed by atoms with Crippen LogP contribution in [0.5, 0.6) is 0 Å². The zero-order valence-electron chi connectivity index (χ0n) is 20.0. The largest absolute Gasteiger partial charge is 0.468 e. The number of pyridine rings is 1. The highest BCUT2D eigenvalue weighted by molar-refractivity contribution is 7.89. The first-order valence-electron chi connectivity index (χ1n) is 11.3. The number of hydrogen-bond donors (Lipinski definition) is 2. The van der Waals surface area contributed by atoms with Crippen molar-refractivity contribution in [3.05, 3.63) is 89.7 Å². The van der Waals surface area contributed by atoms with E-state index in [1.807, 2.05) is 36.4 Å². The maximum Gasteiger partial charge on any atom is 0.324 e. The molecule has 1 unspecified atom stereocenters. The van der Waals surface area contributed by atoms with Crippen LogP contribution in [-0.2, 0) is 26.0 Å². The lowest BCUT2D eigenvalue weighted by atomic mass is 10.1. The fraction of sp³-hybridized carbons (Fsp3) is 0.222. The molecule has 0 fully saturated rings. The second-order valence-corrected chi connectivity index (χ2v) is 9.56. The van der Waals surface area contributed by atoms with Gasteiger partial charge in [-0.3, -0.25) is 14.6 Å². The molecule has 0 saturated heterocycles. The molecule has 3 aromatic rings. The molecule has 186 valence electrons. The number of rotatable bonds is 9. The molecule has 0 bridgehead atoms. The first kappa shape index (κ1) is 26.6. The van der Waals surface area contributed by atoms with Crippen LogP contribution in [0.2, 0.25) is 0 Å². The summed E-state index contributed by atoms with van der Waals surface area (Å²) in [5.74, 6) is 4.55. The van der Waals surface area contributed by atoms with Crippen LogP contribution in [0.4, 0.5) is 5.69 Å². The number of carbonyl (C=O) groups excluding carboxylic acids is 2. The van der Waals surface area contributed by atoms with Gasteiger partial charge in [-0.05, 0) is 54.4 Å². The number of nitrogens with one attached hydrogen (secondary N) is 2. The highest BCUT2D eigenvalue weighted by atomic mass is 32.2. The van der Waals surface area contributed by atoms with Crippen LogP contribution in [0, 0.1) is 11.8 Å². The SMILES string of the molecule is CCCc1ccc(C(=O)Nc2ccc(S(=O)(=O)NC(CC#Cc3ccccc3)C(=O)OC)cc2)nc1. The predicted octanol–water partition coefficient (Wildman–Crippen LogP) is 3.55. The molecule has 0 saturated carbocycles. The lowest BCUT2D eigenvalue weighted by molar-refractivity contribution is -0.142. The van der Waals surface area contributed by atoms with E-state index in [0.717, 1.165) is 24.0 Å². The Balaban J connectivity index is 1.67. The van der Waals surface area contributed by atoms with Crippen molar-refractivity contribution in [3.8, 4) is 11.8 Å². The molecular formula is C27H27N3O5S. The molecular weight excluding hydrogens is 478 g/mol. The Bertz CT molecular complexity index is 1340. The topological polar surface area (TPSA) is 114 Å². The van der Waals surface area contributed by atoms with Crippen molar-refractivity contribution < 1.29 is 22.7 Å². The fourth-order valence-electron chi connectivity index (χ4n) is 3.26. The molecule has 2 aromatic carbocycles. The number of carbonyl (C=O) groups is 2. The number of ether oxygens (including phenoxy) is 1. The molecule has 3 rings (SSSR count). The van der Waals surface area contributed by atoms with Gasteiger partial charge in [0.2, 0.25) is 10.0 Å². The molecule has 0 aliphatic rings. The summed E-state index contributed by atoms with van der Waals surface area (Å²) in [5, 5.41) is 2.69. The number of hydrogen-bond acceptors (Lipinski definition) is 6. The van der Waals surface area contributed by atoms with Gasteiger partial charge in [0.1, 0.15) is 11.7 Å². The summed E-state index contributed by atoms with van der Waals surface area (Å²) >= 11 is 0. The minimum Gasteiger partial charge on any atom is -0.468 e. The Kier molecular flexibility index (Phi) is 9.33. The maximum atomic E-state index is 12.9. The van der Waals surface area contributed by atoms with E-state index < -0.39 is 27.9 Å². The van der Waals surface area contributed by atoms with Gasteiger partial charge in [0.15, 0.2) is 0 Å². The van der Waals surface area contributed by atoms with E-state index >= 15 is 0 Å². The molecule has 1 amide bonds. The number of aryl methyl sites for hydroxylation is 1. The van der Waals surface area contributed by atoms with Crippen LogP contribution < -0.4 is 10.0 Å². The second kappa shape index (κ2) is 12.6. The molecule has 1 aromatic heterocycles. The molecule has 1 heterocycles. The third-order valence-corrected chi connectivity index (χ3v) is 6.60. The van der Waals surface area contributed by atoms with Crippen LogP contribution in [0.15, 0.2) is 77.8 Å². The highest BCUT2D eigenvalue weighted by Gasteiger charge is 2.26. The molecule has 2 N–H and O–H groups in total. The Morgan fingerprint density at radius 1 is 1.03 bits per heavy atom. The molecule has 1 atom stereocenters. The Hall–Kier alpha value is -4.00. The standard InChI is InChI=1S/C27H27N3O5S/c1-3-8-21-13-18-24(28-19-21)26(31)29-22-14-16-23(17-15-22)36(33,34)30-25(27(32)35-2)12-7-11-20-9-5-4-6-10-20/h4-6,9-10,13-19,25,30H,3,8,12H2,1-2H3,(H,29,31). The van der Waals surface area contributed by atoms with Gasteiger partial charge in [-0.15, -0.1) is 0 Å². The number of nitrogens with zero attached hydrogens (tertiary/aromatic N) is 1. The van der Waals surface area contributed by atoms with Crippen molar-refractivity contribution in [2.24, 2.45) is 0 Å². The third-order valence-electron chi connectivity index (χ3n) is 5.11. The Labute approximate surface area is 211 Å². The van der Waals surface area contributed by atoms with E-state index in [9.17, 15) is 18.0 Å². The summed E-state index contributed by atoms with van der Waals surface area (Å²) in [6.07, 6.45) is 3.47. The zero-order chi connectivity index (χ0) is 26.0. The molecule has 36 heavy (non-hydrogen) atoms. The summed E-state index contributed by atoms with van der Waals surface area (Å²) in [5.41, 5.74) is 2.45. The quantitative estimate of drug-likeness (QED) is 0.340. The first-order valence-corrected chi connectivity index (χ1v) is 12.8. The summed E-state index contributed by atoms with van der Waals surface area (Å²) in [7, 11) is -2.88. The Morgan fingerprint density at radius 2 is 1.75 bits per heavy atom. The van der Waals surface area contributed by atoms with Crippen molar-refractivity contribution in [2.75, 3.05) is 12.4 Å². The number of benzene rings is 2. The van der Waals surface area contributed by atoms with Gasteiger partial charge in [-0.1, -0.05) is 49.5 Å². The van der Waals surface area contributed by atoms with E-state index in [0.29, 0.717) is 5.69 Å². The number of sulfonamides is 1. The first-order chi connectivity index (χ1) is 17.3. The lowest BCUT2D eigenvalue weighted by Gasteiger charge is -2.14. The van der Waals surface area contributed by atoms with Gasteiger partial charge in [0.25, 0.3) is 5.91 Å². The molecule has 9 heteroatoms. The minimum atomic E-state index is -4.06. The second-order valence-electron chi connectivity index (χ2n) is 7.85. The number of anilines is 1. The van der Waals surface area contributed by atoms with Crippen molar-refractivity contribution in [3.63, 3.8) is 0 Å². The minimum absolute atomic E-state index is 0.0705. The van der Waals surface area contributed by atoms with Crippen molar-refractivity contribution >= 4 is 27.6 Å². The van der Waals surface area contributed by atoms with E-state index in [4.69, 9.17) is 4.74 Å². The monoisotopic (exact) mass is 505 g/mol. The van der Waals surface area contributed by atoms with Crippen LogP contribution >= 0.6 is 0 Å². The average Bonchev–Trinajstić information content (AvgIpc) is 2.89. The third kappa shape index (κ3) is 7.50. The molecule has 0 spiro atoms. The van der Waals surface area contributed by atoms with E-state index in [1.165, 1.54) is 31.4 Å². The molecule has 8 nitrogen and oxygen atoms in total. The molecule has 0 radical (unpaired) electrons. The number of esters is 1. The smallest absolute Gasteiger partial charge is 0.324 e. The van der Waals surface area contributed by atoms with Gasteiger partial charge < -0.3 is 10.1 Å². The number of aromatic nitrogens is 1. The number of amides is 1. The van der Waals surface area contributed by atoms with E-state index in [1.54, 1.807) is 12.3 Å². The van der Waals surface area contributed by atoms with Gasteiger partial charge >= 0.3 is 5.97 Å². The van der Waals surface area contributed by atoms with Crippen LogP contribution in [0.1, 0.15) is 41.4 Å². The van der Waals surface area contributed by atoms with Crippen molar-refractivity contribution in [1.82, 2.24) is 9.71 Å². The normalized spacial score (nSPS) is 11.6. The van der Waals surface area contributed by atoms with Crippen molar-refractivity contribution in [1.29, 1.82) is 0 Å². The summed E-state index contributed by atoms with van der Waals surface area (Å²) in [6.45, 7) is 2.07. The fourth-order valence-corrected chi connectivity index (χ4v) is 4.44. The summed E-state index contributed by atoms with van der Waals surface area (Å²) in [4.78, 5) is 28.7. The van der Waals surface area contributed by atoms with Crippen LogP contribution in [0.3, 0.4) is 0 Å². The summed E-state index contributed by atoms with van der Waals surface area (Å²) in [6, 6.07) is 17.0. The Morgan fingerprint density at radius 3 is 2.36 bits per heavy atom. The maximum absolute atomic E-state index is 12.9. The van der Waals surface area contributed by atoms with Crippen LogP contribution in [-0.4, -0.2) is 38.4 Å². The van der Waals surface area contributed by atoms with Gasteiger partial charge in [0.05, 0.1) is 12.0 Å². The number of methoxy groups -OCH3 is 1. The molecule has 0 aliphatic carbocycles. The predicted molar refractivity (Wildman–Crippen MR) is 137 cm³/mol. The lowest BCUT2D eigenvalue weighted by Crippen LogP contribution is -2.41. The van der Waals surface area contributed by atoms with Gasteiger partial charge in [-0.2, -0.15) is 4.72 Å². The summed E-state index contributed by atoms with van der Waals surface area (Å²) < 4.78 is 32.8. The van der Waals surface area contributed by atoms with E-state index in [2.05, 4.69) is 33.8 Å². The average molecular weight is 506 g/mol. The zero-order valence-corrected chi connectivity index (χ0v) is 20.8.